The van der Waals surface area contributed by atoms with Gasteiger partial charge in [-0.15, -0.1) is 0 Å². The van der Waals surface area contributed by atoms with Crippen molar-refractivity contribution in [2.45, 2.75) is 38.5 Å². The highest BCUT2D eigenvalue weighted by molar-refractivity contribution is 5.99. The number of furan rings is 1. The molecule has 0 saturated carbocycles. The van der Waals surface area contributed by atoms with E-state index in [-0.39, 0.29) is 5.41 Å². The number of nitrogens with zero attached hydrogens (tertiary/aromatic N) is 1. The number of para-hydroxylation sites is 1. The molecule has 0 N–H and O–H groups in total. The maximum absolute atomic E-state index is 6.43. The fraction of sp³-hybridized carbons (Fsp3) is 0.167. The fourth-order valence-corrected chi connectivity index (χ4v) is 6.91. The van der Waals surface area contributed by atoms with E-state index in [1.54, 1.807) is 0 Å². The molecule has 2 heteroatoms. The van der Waals surface area contributed by atoms with Gasteiger partial charge in [-0.3, -0.25) is 0 Å². The molecule has 6 aromatic rings. The average Bonchev–Trinajstić information content (AvgIpc) is 3.60. The smallest absolute Gasteiger partial charge is 0.142 e. The second-order valence-corrected chi connectivity index (χ2v) is 11.5. The van der Waals surface area contributed by atoms with Gasteiger partial charge in [-0.2, -0.15) is 0 Å². The Labute approximate surface area is 222 Å². The average molecular weight is 492 g/mol. The van der Waals surface area contributed by atoms with Crippen molar-refractivity contribution in [3.8, 4) is 27.9 Å². The zero-order valence-corrected chi connectivity index (χ0v) is 22.0. The number of benzene rings is 4. The molecule has 0 amide bonds. The van der Waals surface area contributed by atoms with Gasteiger partial charge >= 0.3 is 0 Å². The summed E-state index contributed by atoms with van der Waals surface area (Å²) in [5, 5.41) is 2.47. The van der Waals surface area contributed by atoms with Gasteiger partial charge in [-0.25, -0.2) is 0 Å². The Balaban J connectivity index is 1.24. The van der Waals surface area contributed by atoms with Gasteiger partial charge in [0.25, 0.3) is 0 Å². The van der Waals surface area contributed by atoms with Crippen molar-refractivity contribution < 1.29 is 4.42 Å². The van der Waals surface area contributed by atoms with Gasteiger partial charge in [-0.1, -0.05) is 81.4 Å². The van der Waals surface area contributed by atoms with E-state index in [0.717, 1.165) is 23.3 Å². The van der Waals surface area contributed by atoms with Crippen LogP contribution in [0.3, 0.4) is 0 Å². The number of rotatable bonds is 2. The lowest BCUT2D eigenvalue weighted by Crippen LogP contribution is -2.14. The van der Waals surface area contributed by atoms with E-state index in [1.807, 2.05) is 0 Å². The first kappa shape index (κ1) is 21.8. The first-order valence-electron chi connectivity index (χ1n) is 13.6. The van der Waals surface area contributed by atoms with Gasteiger partial charge in [0.1, 0.15) is 11.3 Å². The van der Waals surface area contributed by atoms with Crippen molar-refractivity contribution in [1.82, 2.24) is 4.57 Å². The summed E-state index contributed by atoms with van der Waals surface area (Å²) < 4.78 is 8.74. The molecule has 1 atom stereocenters. The van der Waals surface area contributed by atoms with Crippen LogP contribution in [0.5, 0.6) is 0 Å². The standard InChI is InChI=1S/C36H29NO/c1-22-8-6-13-33-34(22)28-11-7-10-26(35(28)38-33)23-14-17-32-24(20-23)18-19-37(32)25-15-16-31-29(21-25)27-9-4-5-12-30(27)36(31,2)3/h4-7,9-22H,8H2,1-3H3. The van der Waals surface area contributed by atoms with Crippen LogP contribution in [0.25, 0.3) is 55.9 Å². The normalized spacial score (nSPS) is 17.1. The third-order valence-corrected chi connectivity index (χ3v) is 8.88. The highest BCUT2D eigenvalue weighted by Gasteiger charge is 2.35. The second kappa shape index (κ2) is 7.61. The molecule has 1 unspecified atom stereocenters. The van der Waals surface area contributed by atoms with E-state index in [1.165, 1.54) is 55.4 Å². The quantitative estimate of drug-likeness (QED) is 0.236. The van der Waals surface area contributed by atoms with Crippen LogP contribution in [-0.4, -0.2) is 4.57 Å². The number of aromatic nitrogens is 1. The van der Waals surface area contributed by atoms with Crippen LogP contribution in [0.4, 0.5) is 0 Å². The van der Waals surface area contributed by atoms with Crippen LogP contribution >= 0.6 is 0 Å². The fourth-order valence-electron chi connectivity index (χ4n) is 6.91. The SMILES string of the molecule is CC1CC=Cc2oc3c(-c4ccc5c(ccn5-c5ccc6c(c5)-c5ccccc5C6(C)C)c4)cccc3c21. The molecule has 2 heterocycles. The summed E-state index contributed by atoms with van der Waals surface area (Å²) in [5.74, 6) is 1.49. The molecule has 2 nitrogen and oxygen atoms in total. The molecule has 38 heavy (non-hydrogen) atoms. The molecule has 0 bridgehead atoms. The predicted octanol–water partition coefficient (Wildman–Crippen LogP) is 9.87. The van der Waals surface area contributed by atoms with E-state index in [2.05, 4.69) is 129 Å². The van der Waals surface area contributed by atoms with Gasteiger partial charge in [0.2, 0.25) is 0 Å². The molecule has 184 valence electrons. The Bertz CT molecular complexity index is 1940. The van der Waals surface area contributed by atoms with Gasteiger partial charge in [0.05, 0.1) is 5.52 Å². The van der Waals surface area contributed by atoms with E-state index in [0.29, 0.717) is 5.92 Å². The van der Waals surface area contributed by atoms with Crippen LogP contribution in [0.1, 0.15) is 55.6 Å². The topological polar surface area (TPSA) is 18.1 Å². The minimum Gasteiger partial charge on any atom is -0.456 e. The number of fused-ring (bicyclic) bond motifs is 7. The van der Waals surface area contributed by atoms with E-state index in [4.69, 9.17) is 4.42 Å². The summed E-state index contributed by atoms with van der Waals surface area (Å²) in [5.41, 5.74) is 12.6. The number of allylic oxidation sites excluding steroid dienone is 1. The van der Waals surface area contributed by atoms with Crippen molar-refractivity contribution >= 4 is 27.9 Å². The van der Waals surface area contributed by atoms with E-state index >= 15 is 0 Å². The third kappa shape index (κ3) is 2.89. The minimum atomic E-state index is 0.0256. The van der Waals surface area contributed by atoms with Crippen molar-refractivity contribution in [1.29, 1.82) is 0 Å². The largest absolute Gasteiger partial charge is 0.456 e. The Morgan fingerprint density at radius 3 is 2.58 bits per heavy atom. The van der Waals surface area contributed by atoms with Crippen LogP contribution in [0.15, 0.2) is 102 Å². The molecule has 0 radical (unpaired) electrons. The summed E-state index contributed by atoms with van der Waals surface area (Å²) >= 11 is 0. The van der Waals surface area contributed by atoms with Crippen LogP contribution in [0, 0.1) is 0 Å². The summed E-state index contributed by atoms with van der Waals surface area (Å²) in [6, 6.07) is 31.3. The van der Waals surface area contributed by atoms with Crippen molar-refractivity contribution in [2.75, 3.05) is 0 Å². The summed E-state index contributed by atoms with van der Waals surface area (Å²) in [4.78, 5) is 0. The summed E-state index contributed by atoms with van der Waals surface area (Å²) in [6.07, 6.45) is 7.62. The lowest BCUT2D eigenvalue weighted by atomic mass is 9.82. The zero-order chi connectivity index (χ0) is 25.6. The predicted molar refractivity (Wildman–Crippen MR) is 158 cm³/mol. The van der Waals surface area contributed by atoms with E-state index < -0.39 is 0 Å². The lowest BCUT2D eigenvalue weighted by molar-refractivity contribution is 0.587. The molecule has 4 aromatic carbocycles. The number of hydrogen-bond donors (Lipinski definition) is 0. The minimum absolute atomic E-state index is 0.0256. The molecule has 2 aliphatic rings. The van der Waals surface area contributed by atoms with Gasteiger partial charge in [-0.05, 0) is 76.6 Å². The maximum atomic E-state index is 6.43. The Morgan fingerprint density at radius 1 is 0.816 bits per heavy atom. The Hall–Kier alpha value is -4.30. The second-order valence-electron chi connectivity index (χ2n) is 11.5. The zero-order valence-electron chi connectivity index (χ0n) is 22.0. The highest BCUT2D eigenvalue weighted by atomic mass is 16.3. The van der Waals surface area contributed by atoms with Crippen molar-refractivity contribution in [3.63, 3.8) is 0 Å². The molecule has 2 aliphatic carbocycles. The van der Waals surface area contributed by atoms with Gasteiger partial charge < -0.3 is 8.98 Å². The van der Waals surface area contributed by atoms with Crippen LogP contribution in [0.2, 0.25) is 0 Å². The first-order valence-corrected chi connectivity index (χ1v) is 13.6. The monoisotopic (exact) mass is 491 g/mol. The first-order chi connectivity index (χ1) is 18.5. The van der Waals surface area contributed by atoms with Crippen LogP contribution < -0.4 is 0 Å². The molecule has 0 saturated heterocycles. The van der Waals surface area contributed by atoms with Crippen molar-refractivity contribution in [2.24, 2.45) is 0 Å². The van der Waals surface area contributed by atoms with Gasteiger partial charge in [0, 0.05) is 39.2 Å². The molecular weight excluding hydrogens is 462 g/mol. The summed E-state index contributed by atoms with van der Waals surface area (Å²) in [7, 11) is 0. The van der Waals surface area contributed by atoms with Crippen LogP contribution in [-0.2, 0) is 5.41 Å². The molecular formula is C36H29NO. The molecule has 0 spiro atoms. The summed E-state index contributed by atoms with van der Waals surface area (Å²) in [6.45, 7) is 6.95. The lowest BCUT2D eigenvalue weighted by Gasteiger charge is -2.21. The highest BCUT2D eigenvalue weighted by Crippen LogP contribution is 2.49. The van der Waals surface area contributed by atoms with E-state index in [9.17, 15) is 0 Å². The Kier molecular flexibility index (Phi) is 4.36. The molecule has 0 fully saturated rings. The molecule has 0 aliphatic heterocycles. The molecule has 8 rings (SSSR count). The van der Waals surface area contributed by atoms with Gasteiger partial charge in [0.15, 0.2) is 0 Å². The Morgan fingerprint density at radius 2 is 1.66 bits per heavy atom. The number of hydrogen-bond acceptors (Lipinski definition) is 1. The molecule has 2 aromatic heterocycles. The third-order valence-electron chi connectivity index (χ3n) is 8.88. The van der Waals surface area contributed by atoms with Crippen molar-refractivity contribution in [3.05, 3.63) is 120 Å². The maximum Gasteiger partial charge on any atom is 0.142 e.